The largest absolute Gasteiger partial charge is 0.456 e. The first-order valence-corrected chi connectivity index (χ1v) is 17.4. The van der Waals surface area contributed by atoms with Gasteiger partial charge in [-0.2, -0.15) is 0 Å². The topological polar surface area (TPSA) is 12.5 Å². The first kappa shape index (κ1) is 27.9. The Labute approximate surface area is 288 Å². The van der Waals surface area contributed by atoms with Crippen molar-refractivity contribution < 1.29 is 4.74 Å². The van der Waals surface area contributed by atoms with Gasteiger partial charge in [-0.1, -0.05) is 115 Å². The summed E-state index contributed by atoms with van der Waals surface area (Å²) in [4.78, 5) is 2.39. The van der Waals surface area contributed by atoms with Crippen LogP contribution in [0, 0.1) is 0 Å². The van der Waals surface area contributed by atoms with Crippen LogP contribution in [-0.4, -0.2) is 0 Å². The molecule has 9 aromatic rings. The summed E-state index contributed by atoms with van der Waals surface area (Å²) in [7, 11) is 0. The van der Waals surface area contributed by atoms with Crippen molar-refractivity contribution in [2.45, 2.75) is 0 Å². The van der Waals surface area contributed by atoms with Crippen molar-refractivity contribution in [1.29, 1.82) is 0 Å². The van der Waals surface area contributed by atoms with E-state index >= 15 is 0 Å². The van der Waals surface area contributed by atoms with Crippen molar-refractivity contribution in [3.05, 3.63) is 176 Å². The van der Waals surface area contributed by atoms with Crippen molar-refractivity contribution in [3.63, 3.8) is 0 Å². The van der Waals surface area contributed by atoms with E-state index < -0.39 is 0 Å². The molecule has 230 valence electrons. The third-order valence-electron chi connectivity index (χ3n) is 9.67. The summed E-state index contributed by atoms with van der Waals surface area (Å²) in [5.74, 6) is 1.79. The molecular weight excluding hydrogens is 615 g/mol. The predicted octanol–water partition coefficient (Wildman–Crippen LogP) is 13.8. The lowest BCUT2D eigenvalue weighted by Gasteiger charge is -2.27. The fraction of sp³-hybridized carbons (Fsp3) is 0. The number of anilines is 3. The van der Waals surface area contributed by atoms with Crippen molar-refractivity contribution in [1.82, 2.24) is 0 Å². The SMILES string of the molecule is c1ccc(-c2ccc3c(c2)Oc2ccc(-c4ccc(N(c5ccccc5)c5cccc6sc7ccccc7c56)cc4)c4cccc-3c24)cc1. The van der Waals surface area contributed by atoms with E-state index in [9.17, 15) is 0 Å². The average Bonchev–Trinajstić information content (AvgIpc) is 3.56. The van der Waals surface area contributed by atoms with E-state index in [1.807, 2.05) is 17.4 Å². The summed E-state index contributed by atoms with van der Waals surface area (Å²) in [5, 5.41) is 4.93. The second kappa shape index (κ2) is 11.2. The minimum absolute atomic E-state index is 0.896. The molecule has 0 bridgehead atoms. The second-order valence-electron chi connectivity index (χ2n) is 12.5. The first-order valence-electron chi connectivity index (χ1n) is 16.6. The van der Waals surface area contributed by atoms with Crippen LogP contribution in [0.5, 0.6) is 11.5 Å². The van der Waals surface area contributed by atoms with Gasteiger partial charge in [0.1, 0.15) is 11.5 Å². The van der Waals surface area contributed by atoms with Gasteiger partial charge in [-0.25, -0.2) is 0 Å². The van der Waals surface area contributed by atoms with E-state index in [1.54, 1.807) is 0 Å². The summed E-state index contributed by atoms with van der Waals surface area (Å²) >= 11 is 1.85. The van der Waals surface area contributed by atoms with Crippen LogP contribution in [0.3, 0.4) is 0 Å². The molecule has 0 fully saturated rings. The Balaban J connectivity index is 1.08. The molecule has 49 heavy (non-hydrogen) atoms. The number of hydrogen-bond donors (Lipinski definition) is 0. The van der Waals surface area contributed by atoms with Crippen LogP contribution in [0.2, 0.25) is 0 Å². The maximum absolute atomic E-state index is 6.60. The zero-order valence-electron chi connectivity index (χ0n) is 26.5. The lowest BCUT2D eigenvalue weighted by molar-refractivity contribution is 0.487. The van der Waals surface area contributed by atoms with Gasteiger partial charge in [0.2, 0.25) is 0 Å². The highest BCUT2D eigenvalue weighted by atomic mass is 32.1. The predicted molar refractivity (Wildman–Crippen MR) is 208 cm³/mol. The van der Waals surface area contributed by atoms with Crippen LogP contribution in [-0.2, 0) is 0 Å². The summed E-state index contributed by atoms with van der Waals surface area (Å²) in [5.41, 5.74) is 10.5. The van der Waals surface area contributed by atoms with Crippen LogP contribution < -0.4 is 9.64 Å². The van der Waals surface area contributed by atoms with Crippen LogP contribution in [0.25, 0.3) is 64.3 Å². The highest BCUT2D eigenvalue weighted by Crippen LogP contribution is 2.50. The molecule has 1 aliphatic heterocycles. The molecular formula is C46H29NOS. The third kappa shape index (κ3) is 4.55. The quantitative estimate of drug-likeness (QED) is 0.185. The number of nitrogens with zero attached hydrogens (tertiary/aromatic N) is 1. The standard InChI is InChI=1S/C46H29NOS/c1-3-11-30(12-4-1)32-23-26-36-38-17-9-16-37-35(27-28-41(45(37)38)48-42(36)29-32)31-21-24-34(25-22-31)47(33-13-5-2-6-14-33)40-18-10-20-44-46(40)39-15-7-8-19-43(39)49-44/h1-29H. The zero-order valence-corrected chi connectivity index (χ0v) is 27.3. The minimum Gasteiger partial charge on any atom is -0.456 e. The Bertz CT molecular complexity index is 2680. The molecule has 0 atom stereocenters. The number of para-hydroxylation sites is 1. The molecule has 10 rings (SSSR count). The van der Waals surface area contributed by atoms with Gasteiger partial charge in [-0.15, -0.1) is 11.3 Å². The normalized spacial score (nSPS) is 11.8. The molecule has 0 saturated heterocycles. The summed E-state index contributed by atoms with van der Waals surface area (Å²) in [6, 6.07) is 63.0. The molecule has 1 aliphatic rings. The van der Waals surface area contributed by atoms with Crippen LogP contribution in [0.4, 0.5) is 17.1 Å². The molecule has 0 saturated carbocycles. The number of thiophene rings is 1. The van der Waals surface area contributed by atoms with Crippen molar-refractivity contribution in [2.75, 3.05) is 4.90 Å². The lowest BCUT2D eigenvalue weighted by Crippen LogP contribution is -2.10. The Kier molecular flexibility index (Phi) is 6.39. The Hall–Kier alpha value is -6.16. The minimum atomic E-state index is 0.896. The number of ether oxygens (including phenoxy) is 1. The molecule has 0 amide bonds. The number of rotatable bonds is 5. The van der Waals surface area contributed by atoms with Gasteiger partial charge >= 0.3 is 0 Å². The van der Waals surface area contributed by atoms with Crippen LogP contribution in [0.1, 0.15) is 0 Å². The summed E-state index contributed by atoms with van der Waals surface area (Å²) < 4.78 is 9.20. The van der Waals surface area contributed by atoms with Crippen LogP contribution in [0.15, 0.2) is 176 Å². The van der Waals surface area contributed by atoms with E-state index in [-0.39, 0.29) is 0 Å². The highest BCUT2D eigenvalue weighted by molar-refractivity contribution is 7.26. The maximum Gasteiger partial charge on any atom is 0.135 e. The lowest BCUT2D eigenvalue weighted by atomic mass is 9.89. The van der Waals surface area contributed by atoms with E-state index in [0.29, 0.717) is 0 Å². The second-order valence-corrected chi connectivity index (χ2v) is 13.6. The van der Waals surface area contributed by atoms with E-state index in [0.717, 1.165) is 39.4 Å². The Morgan fingerprint density at radius 1 is 0.388 bits per heavy atom. The van der Waals surface area contributed by atoms with Gasteiger partial charge in [0, 0.05) is 42.5 Å². The molecule has 0 N–H and O–H groups in total. The zero-order chi connectivity index (χ0) is 32.3. The molecule has 0 aliphatic carbocycles. The molecule has 3 heteroatoms. The first-order chi connectivity index (χ1) is 24.3. The molecule has 8 aromatic carbocycles. The molecule has 2 heterocycles. The van der Waals surface area contributed by atoms with Crippen LogP contribution >= 0.6 is 11.3 Å². The fourth-order valence-electron chi connectivity index (χ4n) is 7.43. The highest BCUT2D eigenvalue weighted by Gasteiger charge is 2.23. The number of benzene rings is 8. The maximum atomic E-state index is 6.60. The van der Waals surface area contributed by atoms with Gasteiger partial charge in [-0.3, -0.25) is 0 Å². The summed E-state index contributed by atoms with van der Waals surface area (Å²) in [6.07, 6.45) is 0. The van der Waals surface area contributed by atoms with Crippen molar-refractivity contribution in [2.24, 2.45) is 0 Å². The van der Waals surface area contributed by atoms with E-state index in [4.69, 9.17) is 4.74 Å². The van der Waals surface area contributed by atoms with Gasteiger partial charge in [-0.05, 0) is 93.9 Å². The molecule has 0 unspecified atom stereocenters. The Morgan fingerprint density at radius 3 is 1.92 bits per heavy atom. The van der Waals surface area contributed by atoms with Gasteiger partial charge in [0.05, 0.1) is 5.69 Å². The third-order valence-corrected chi connectivity index (χ3v) is 10.8. The van der Waals surface area contributed by atoms with Gasteiger partial charge < -0.3 is 9.64 Å². The fourth-order valence-corrected chi connectivity index (χ4v) is 8.56. The Morgan fingerprint density at radius 2 is 1.06 bits per heavy atom. The van der Waals surface area contributed by atoms with E-state index in [1.165, 1.54) is 53.5 Å². The van der Waals surface area contributed by atoms with Gasteiger partial charge in [0.15, 0.2) is 0 Å². The van der Waals surface area contributed by atoms with Crippen molar-refractivity contribution in [3.8, 4) is 44.9 Å². The monoisotopic (exact) mass is 643 g/mol. The average molecular weight is 644 g/mol. The molecule has 2 nitrogen and oxygen atoms in total. The molecule has 0 radical (unpaired) electrons. The number of hydrogen-bond acceptors (Lipinski definition) is 3. The molecule has 1 aromatic heterocycles. The van der Waals surface area contributed by atoms with E-state index in [2.05, 4.69) is 175 Å². The number of fused-ring (bicyclic) bond motifs is 5. The molecule has 0 spiro atoms. The summed E-state index contributed by atoms with van der Waals surface area (Å²) in [6.45, 7) is 0. The smallest absolute Gasteiger partial charge is 0.135 e. The van der Waals surface area contributed by atoms with Gasteiger partial charge in [0.25, 0.3) is 0 Å². The van der Waals surface area contributed by atoms with Crippen molar-refractivity contribution >= 4 is 59.3 Å².